The number of nitrogens with zero attached hydrogens (tertiary/aromatic N) is 2. The van der Waals surface area contributed by atoms with Gasteiger partial charge in [0.15, 0.2) is 7.31 Å². The lowest BCUT2D eigenvalue weighted by Crippen LogP contribution is -2.54. The Bertz CT molecular complexity index is 63.1. The summed E-state index contributed by atoms with van der Waals surface area (Å²) in [4.78, 5) is 4.20. The average molecular weight is 109 g/mol. The van der Waals surface area contributed by atoms with Crippen LogP contribution in [-0.4, -0.2) is 45.1 Å². The molecule has 0 atom stereocenters. The predicted octanol–water partition coefficient (Wildman–Crippen LogP) is -0.512. The van der Waals surface area contributed by atoms with Gasteiger partial charge in [-0.1, -0.05) is 7.43 Å². The fourth-order valence-corrected chi connectivity index (χ4v) is 0.673. The van der Waals surface area contributed by atoms with E-state index in [1.165, 1.54) is 0 Å². The first-order valence-electron chi connectivity index (χ1n) is 2.30. The van der Waals surface area contributed by atoms with E-state index in [0.29, 0.717) is 0 Å². The maximum absolute atomic E-state index is 5.17. The molecule has 3 radical (unpaired) electrons. The van der Waals surface area contributed by atoms with Gasteiger partial charge in [0, 0.05) is 21.1 Å². The fourth-order valence-electron chi connectivity index (χ4n) is 0.673. The second kappa shape index (κ2) is 3.15. The van der Waals surface area contributed by atoms with Crippen LogP contribution in [0.1, 0.15) is 7.43 Å². The molecule has 0 spiro atoms. The Labute approximate surface area is 53.5 Å². The Hall–Kier alpha value is 0.0499. The minimum absolute atomic E-state index is 0. The zero-order chi connectivity index (χ0) is 5.28. The van der Waals surface area contributed by atoms with Crippen molar-refractivity contribution in [2.45, 2.75) is 7.43 Å². The van der Waals surface area contributed by atoms with E-state index in [2.05, 4.69) is 11.9 Å². The number of rotatable bonds is 1. The molecular formula is C4H11B2N2. The van der Waals surface area contributed by atoms with Gasteiger partial charge in [-0.25, -0.2) is 0 Å². The Balaban J connectivity index is 0.000000490. The molecule has 2 nitrogen and oxygen atoms in total. The van der Waals surface area contributed by atoms with Gasteiger partial charge in [-0.15, -0.1) is 0 Å². The highest BCUT2D eigenvalue weighted by atomic mass is 15.4. The van der Waals surface area contributed by atoms with Gasteiger partial charge in [-0.3, -0.25) is 4.90 Å². The lowest BCUT2D eigenvalue weighted by Gasteiger charge is -2.39. The molecule has 8 heavy (non-hydrogen) atoms. The molecule has 1 aliphatic rings. The second-order valence-electron chi connectivity index (χ2n) is 1.88. The van der Waals surface area contributed by atoms with Crippen molar-refractivity contribution in [2.75, 3.05) is 20.4 Å². The van der Waals surface area contributed by atoms with E-state index >= 15 is 0 Å². The summed E-state index contributed by atoms with van der Waals surface area (Å²) in [7, 11) is 8.84. The zero-order valence-corrected chi connectivity index (χ0v) is 4.46. The van der Waals surface area contributed by atoms with Crippen molar-refractivity contribution >= 4 is 15.0 Å². The van der Waals surface area contributed by atoms with Crippen molar-refractivity contribution in [3.63, 3.8) is 0 Å². The van der Waals surface area contributed by atoms with Crippen LogP contribution in [0.15, 0.2) is 0 Å². The normalized spacial score (nSPS) is 21.1. The highest BCUT2D eigenvalue weighted by Gasteiger charge is 2.15. The van der Waals surface area contributed by atoms with Gasteiger partial charge in [-0.05, 0) is 7.05 Å². The Kier molecular flexibility index (Phi) is 3.17. The molecule has 0 amide bonds. The monoisotopic (exact) mass is 109 g/mol. The van der Waals surface area contributed by atoms with Crippen LogP contribution in [0, 0.1) is 0 Å². The van der Waals surface area contributed by atoms with Crippen molar-refractivity contribution in [1.82, 2.24) is 9.71 Å². The molecule has 1 fully saturated rings. The van der Waals surface area contributed by atoms with E-state index in [0.717, 1.165) is 13.3 Å². The smallest absolute Gasteiger partial charge is 0.152 e. The van der Waals surface area contributed by atoms with Crippen LogP contribution in [0.5, 0.6) is 0 Å². The molecule has 0 aromatic carbocycles. The molecule has 0 bridgehead atoms. The van der Waals surface area contributed by atoms with Crippen molar-refractivity contribution in [3.05, 3.63) is 0 Å². The maximum Gasteiger partial charge on any atom is 0.152 e. The van der Waals surface area contributed by atoms with Crippen molar-refractivity contribution in [2.24, 2.45) is 0 Å². The largest absolute Gasteiger partial charge is 0.333 e. The highest BCUT2D eigenvalue weighted by molar-refractivity contribution is 6.87. The third-order valence-electron chi connectivity index (χ3n) is 1.06. The van der Waals surface area contributed by atoms with Gasteiger partial charge >= 0.3 is 0 Å². The lowest BCUT2D eigenvalue weighted by atomic mass is 9.65. The Morgan fingerprint density at radius 2 is 2.00 bits per heavy atom. The number of hydrogen-bond acceptors (Lipinski definition) is 2. The van der Waals surface area contributed by atoms with Crippen molar-refractivity contribution < 1.29 is 0 Å². The molecule has 0 aliphatic carbocycles. The molecule has 43 valence electrons. The summed E-state index contributed by atoms with van der Waals surface area (Å²) in [5.74, 6) is 0. The molecule has 1 rings (SSSR count). The Morgan fingerprint density at radius 3 is 2.12 bits per heavy atom. The molecule has 0 unspecified atom stereocenters. The summed E-state index contributed by atoms with van der Waals surface area (Å²) < 4.78 is 0. The van der Waals surface area contributed by atoms with Crippen LogP contribution >= 0.6 is 0 Å². The fraction of sp³-hybridized carbons (Fsp3) is 1.00. The summed E-state index contributed by atoms with van der Waals surface area (Å²) in [6, 6.07) is 0. The highest BCUT2D eigenvalue weighted by Crippen LogP contribution is 1.99. The van der Waals surface area contributed by atoms with Gasteiger partial charge in [0.1, 0.15) is 0 Å². The zero-order valence-electron chi connectivity index (χ0n) is 4.46. The SMILES string of the molecule is C.[B][B]N1CN(C)C1. The summed E-state index contributed by atoms with van der Waals surface area (Å²) in [6.45, 7) is 1.97. The maximum atomic E-state index is 5.17. The van der Waals surface area contributed by atoms with E-state index in [9.17, 15) is 0 Å². The molecule has 1 aliphatic heterocycles. The van der Waals surface area contributed by atoms with Crippen LogP contribution < -0.4 is 0 Å². The first-order chi connectivity index (χ1) is 3.33. The first-order valence-corrected chi connectivity index (χ1v) is 2.30. The third kappa shape index (κ3) is 1.53. The minimum Gasteiger partial charge on any atom is -0.333 e. The second-order valence-corrected chi connectivity index (χ2v) is 1.88. The van der Waals surface area contributed by atoms with E-state index in [-0.39, 0.29) is 7.43 Å². The molecule has 1 saturated heterocycles. The van der Waals surface area contributed by atoms with Crippen LogP contribution in [-0.2, 0) is 0 Å². The third-order valence-corrected chi connectivity index (χ3v) is 1.06. The topological polar surface area (TPSA) is 6.48 Å². The van der Waals surface area contributed by atoms with E-state index < -0.39 is 0 Å². The molecule has 0 aromatic heterocycles. The first kappa shape index (κ1) is 8.05. The lowest BCUT2D eigenvalue weighted by molar-refractivity contribution is 0.0681. The van der Waals surface area contributed by atoms with Gasteiger partial charge in [-0.2, -0.15) is 0 Å². The molecule has 4 heteroatoms. The van der Waals surface area contributed by atoms with E-state index in [1.807, 2.05) is 4.81 Å². The number of hydrogen-bond donors (Lipinski definition) is 0. The summed E-state index contributed by atoms with van der Waals surface area (Å²) in [5, 5.41) is 0. The standard InChI is InChI=1S/C3H7B2N2.CH4/c1-6-2-7(3-6)5-4;/h2-3H2,1H3;1H4. The summed E-state index contributed by atoms with van der Waals surface area (Å²) in [6.07, 6.45) is 0. The van der Waals surface area contributed by atoms with Crippen LogP contribution in [0.4, 0.5) is 0 Å². The van der Waals surface area contributed by atoms with Crippen LogP contribution in [0.3, 0.4) is 0 Å². The van der Waals surface area contributed by atoms with Crippen molar-refractivity contribution in [3.8, 4) is 0 Å². The van der Waals surface area contributed by atoms with Gasteiger partial charge < -0.3 is 4.81 Å². The summed E-state index contributed by atoms with van der Waals surface area (Å²) >= 11 is 0. The van der Waals surface area contributed by atoms with E-state index in [1.54, 1.807) is 7.31 Å². The molecule has 0 aromatic rings. The molecule has 0 N–H and O–H groups in total. The van der Waals surface area contributed by atoms with Crippen LogP contribution in [0.25, 0.3) is 0 Å². The molecule has 0 saturated carbocycles. The average Bonchev–Trinajstić information content (AvgIpc) is 1.58. The van der Waals surface area contributed by atoms with Gasteiger partial charge in [0.05, 0.1) is 0 Å². The van der Waals surface area contributed by atoms with Crippen LogP contribution in [0.2, 0.25) is 0 Å². The predicted molar refractivity (Wildman–Crippen MR) is 37.6 cm³/mol. The van der Waals surface area contributed by atoms with Gasteiger partial charge in [0.25, 0.3) is 0 Å². The summed E-state index contributed by atoms with van der Waals surface area (Å²) in [5.41, 5.74) is 0. The minimum atomic E-state index is 0. The van der Waals surface area contributed by atoms with E-state index in [4.69, 9.17) is 7.74 Å². The molecule has 1 heterocycles. The van der Waals surface area contributed by atoms with Gasteiger partial charge in [0.2, 0.25) is 0 Å². The van der Waals surface area contributed by atoms with Crippen molar-refractivity contribution in [1.29, 1.82) is 0 Å². The molecular weight excluding hydrogens is 97.7 g/mol. The Morgan fingerprint density at radius 1 is 1.50 bits per heavy atom. The quantitative estimate of drug-likeness (QED) is 0.418.